The van der Waals surface area contributed by atoms with E-state index in [4.69, 9.17) is 0 Å². The highest BCUT2D eigenvalue weighted by molar-refractivity contribution is 5.82. The van der Waals surface area contributed by atoms with Crippen molar-refractivity contribution in [2.75, 3.05) is 19.6 Å². The van der Waals surface area contributed by atoms with Gasteiger partial charge in [-0.25, -0.2) is 0 Å². The maximum absolute atomic E-state index is 12.4. The number of carbonyl (C=O) groups is 1. The van der Waals surface area contributed by atoms with Crippen molar-refractivity contribution in [3.05, 3.63) is 77.4 Å². The molecule has 1 heterocycles. The molecule has 3 rings (SSSR count). The average molecular weight is 433 g/mol. The normalized spacial score (nSPS) is 16.0. The second kappa shape index (κ2) is 12.0. The van der Waals surface area contributed by atoms with Gasteiger partial charge in [0.05, 0.1) is 6.54 Å². The number of carbonyl (C=O) groups excluding carboxylic acids is 1. The van der Waals surface area contributed by atoms with Crippen LogP contribution in [0, 0.1) is 13.8 Å². The highest BCUT2D eigenvalue weighted by atomic mass is 16.1. The van der Waals surface area contributed by atoms with Gasteiger partial charge in [-0.1, -0.05) is 67.6 Å². The molecule has 1 fully saturated rings. The zero-order valence-electron chi connectivity index (χ0n) is 20.2. The van der Waals surface area contributed by atoms with Crippen molar-refractivity contribution in [2.45, 2.75) is 71.3 Å². The lowest BCUT2D eigenvalue weighted by molar-refractivity contribution is -0.118. The van der Waals surface area contributed by atoms with Gasteiger partial charge in [-0.2, -0.15) is 0 Å². The Balaban J connectivity index is 1.37. The van der Waals surface area contributed by atoms with Gasteiger partial charge in [0, 0.05) is 18.2 Å². The Morgan fingerprint density at radius 3 is 2.50 bits per heavy atom. The van der Waals surface area contributed by atoms with Crippen LogP contribution in [0.5, 0.6) is 0 Å². The average Bonchev–Trinajstić information content (AvgIpc) is 2.81. The highest BCUT2D eigenvalue weighted by Crippen LogP contribution is 2.30. The van der Waals surface area contributed by atoms with Gasteiger partial charge in [0.2, 0.25) is 0 Å². The van der Waals surface area contributed by atoms with E-state index in [9.17, 15) is 4.79 Å². The van der Waals surface area contributed by atoms with Gasteiger partial charge < -0.3 is 10.2 Å². The SMILES string of the molecule is C=C(NCC(=O)CCCC(CC)N1CCC(c2ccccc2)CC1)c1ccc(C)cc1C. The summed E-state index contributed by atoms with van der Waals surface area (Å²) in [6.45, 7) is 13.3. The Kier molecular flexibility index (Phi) is 9.11. The highest BCUT2D eigenvalue weighted by Gasteiger charge is 2.24. The maximum atomic E-state index is 12.4. The molecule has 1 N–H and O–H groups in total. The van der Waals surface area contributed by atoms with Crippen molar-refractivity contribution in [3.8, 4) is 0 Å². The Labute approximate surface area is 194 Å². The number of nitrogens with zero attached hydrogens (tertiary/aromatic N) is 1. The first-order valence-electron chi connectivity index (χ1n) is 12.3. The molecule has 0 amide bonds. The number of rotatable bonds is 11. The van der Waals surface area contributed by atoms with Crippen LogP contribution in [-0.2, 0) is 4.79 Å². The maximum Gasteiger partial charge on any atom is 0.151 e. The van der Waals surface area contributed by atoms with Crippen LogP contribution in [0.4, 0.5) is 0 Å². The summed E-state index contributed by atoms with van der Waals surface area (Å²) >= 11 is 0. The predicted molar refractivity (Wildman–Crippen MR) is 136 cm³/mol. The second-order valence-electron chi connectivity index (χ2n) is 9.36. The molecule has 0 aromatic heterocycles. The predicted octanol–water partition coefficient (Wildman–Crippen LogP) is 6.26. The summed E-state index contributed by atoms with van der Waals surface area (Å²) in [5, 5.41) is 3.24. The monoisotopic (exact) mass is 432 g/mol. The molecular formula is C29H40N2O. The van der Waals surface area contributed by atoms with E-state index in [-0.39, 0.29) is 5.78 Å². The topological polar surface area (TPSA) is 32.3 Å². The number of benzene rings is 2. The van der Waals surface area contributed by atoms with Crippen molar-refractivity contribution in [3.63, 3.8) is 0 Å². The number of aryl methyl sites for hydroxylation is 2. The van der Waals surface area contributed by atoms with Gasteiger partial charge in [0.25, 0.3) is 0 Å². The Hall–Kier alpha value is -2.39. The van der Waals surface area contributed by atoms with Crippen molar-refractivity contribution < 1.29 is 4.79 Å². The Morgan fingerprint density at radius 1 is 1.12 bits per heavy atom. The number of hydrogen-bond donors (Lipinski definition) is 1. The van der Waals surface area contributed by atoms with Gasteiger partial charge in [-0.15, -0.1) is 0 Å². The number of nitrogens with one attached hydrogen (secondary N) is 1. The molecule has 3 heteroatoms. The van der Waals surface area contributed by atoms with Crippen LogP contribution >= 0.6 is 0 Å². The van der Waals surface area contributed by atoms with Crippen LogP contribution < -0.4 is 5.32 Å². The van der Waals surface area contributed by atoms with Crippen molar-refractivity contribution in [2.24, 2.45) is 0 Å². The second-order valence-corrected chi connectivity index (χ2v) is 9.36. The van der Waals surface area contributed by atoms with Crippen LogP contribution in [0.3, 0.4) is 0 Å². The molecular weight excluding hydrogens is 392 g/mol. The summed E-state index contributed by atoms with van der Waals surface area (Å²) in [7, 11) is 0. The van der Waals surface area contributed by atoms with E-state index in [0.29, 0.717) is 24.9 Å². The van der Waals surface area contributed by atoms with E-state index in [2.05, 4.69) is 86.1 Å². The summed E-state index contributed by atoms with van der Waals surface area (Å²) in [5.41, 5.74) is 5.85. The zero-order chi connectivity index (χ0) is 22.9. The lowest BCUT2D eigenvalue weighted by atomic mass is 9.88. The van der Waals surface area contributed by atoms with E-state index in [1.807, 2.05) is 0 Å². The summed E-state index contributed by atoms with van der Waals surface area (Å²) < 4.78 is 0. The van der Waals surface area contributed by atoms with Crippen LogP contribution in [0.25, 0.3) is 5.70 Å². The summed E-state index contributed by atoms with van der Waals surface area (Å²) in [5.74, 6) is 0.969. The van der Waals surface area contributed by atoms with Gasteiger partial charge in [0.1, 0.15) is 0 Å². The zero-order valence-corrected chi connectivity index (χ0v) is 20.2. The lowest BCUT2D eigenvalue weighted by Gasteiger charge is -2.37. The van der Waals surface area contributed by atoms with Crippen LogP contribution in [-0.4, -0.2) is 36.4 Å². The minimum absolute atomic E-state index is 0.272. The molecule has 0 aliphatic carbocycles. The first-order valence-corrected chi connectivity index (χ1v) is 12.3. The summed E-state index contributed by atoms with van der Waals surface area (Å²) in [6, 6.07) is 17.9. The molecule has 3 nitrogen and oxygen atoms in total. The van der Waals surface area contributed by atoms with E-state index in [1.165, 1.54) is 42.6 Å². The fourth-order valence-electron chi connectivity index (χ4n) is 5.04. The minimum atomic E-state index is 0.272. The van der Waals surface area contributed by atoms with Crippen molar-refractivity contribution in [1.29, 1.82) is 0 Å². The molecule has 32 heavy (non-hydrogen) atoms. The molecule has 1 unspecified atom stereocenters. The van der Waals surface area contributed by atoms with Gasteiger partial charge in [-0.05, 0) is 81.6 Å². The summed E-state index contributed by atoms with van der Waals surface area (Å²) in [6.07, 6.45) is 6.35. The van der Waals surface area contributed by atoms with Gasteiger partial charge in [-0.3, -0.25) is 4.79 Å². The Bertz CT molecular complexity index is 881. The fraction of sp³-hybridized carbons (Fsp3) is 0.483. The van der Waals surface area contributed by atoms with E-state index in [0.717, 1.165) is 30.5 Å². The smallest absolute Gasteiger partial charge is 0.151 e. The molecule has 172 valence electrons. The standard InChI is InChI=1S/C29H40N2O/c1-5-27(31-18-16-26(17-19-31)25-10-7-6-8-11-25)12-9-13-28(32)21-30-24(4)29-15-14-22(2)20-23(29)3/h6-8,10-11,14-15,20,26-27,30H,4-5,9,12-13,16-19,21H2,1-3H3. The molecule has 2 aromatic rings. The number of likely N-dealkylation sites (tertiary alicyclic amines) is 1. The number of ketones is 1. The fourth-order valence-corrected chi connectivity index (χ4v) is 5.04. The van der Waals surface area contributed by atoms with E-state index < -0.39 is 0 Å². The molecule has 0 spiro atoms. The quantitative estimate of drug-likeness (QED) is 0.455. The van der Waals surface area contributed by atoms with E-state index in [1.54, 1.807) is 0 Å². The van der Waals surface area contributed by atoms with Crippen molar-refractivity contribution >= 4 is 11.5 Å². The molecule has 1 atom stereocenters. The number of hydrogen-bond acceptors (Lipinski definition) is 3. The van der Waals surface area contributed by atoms with Gasteiger partial charge in [0.15, 0.2) is 5.78 Å². The van der Waals surface area contributed by atoms with Gasteiger partial charge >= 0.3 is 0 Å². The third-order valence-electron chi connectivity index (χ3n) is 6.99. The molecule has 0 bridgehead atoms. The molecule has 1 saturated heterocycles. The minimum Gasteiger partial charge on any atom is -0.378 e. The molecule has 1 aliphatic rings. The Morgan fingerprint density at radius 2 is 1.84 bits per heavy atom. The molecule has 2 aromatic carbocycles. The third-order valence-corrected chi connectivity index (χ3v) is 6.99. The van der Waals surface area contributed by atoms with Crippen LogP contribution in [0.15, 0.2) is 55.1 Å². The molecule has 1 aliphatic heterocycles. The van der Waals surface area contributed by atoms with Crippen LogP contribution in [0.2, 0.25) is 0 Å². The number of Topliss-reactive ketones (excluding diaryl/α,β-unsaturated/α-hetero) is 1. The number of piperidine rings is 1. The molecule has 0 saturated carbocycles. The first-order chi connectivity index (χ1) is 15.5. The molecule has 0 radical (unpaired) electrons. The first kappa shape index (κ1) is 24.3. The largest absolute Gasteiger partial charge is 0.378 e. The van der Waals surface area contributed by atoms with Crippen molar-refractivity contribution in [1.82, 2.24) is 10.2 Å². The van der Waals surface area contributed by atoms with E-state index >= 15 is 0 Å². The summed E-state index contributed by atoms with van der Waals surface area (Å²) in [4.78, 5) is 15.1. The lowest BCUT2D eigenvalue weighted by Crippen LogP contribution is -2.40. The van der Waals surface area contributed by atoms with Crippen LogP contribution in [0.1, 0.15) is 73.6 Å². The third kappa shape index (κ3) is 6.80.